The van der Waals surface area contributed by atoms with Gasteiger partial charge in [-0.3, -0.25) is 0 Å². The van der Waals surface area contributed by atoms with Crippen molar-refractivity contribution in [3.05, 3.63) is 23.9 Å². The van der Waals surface area contributed by atoms with E-state index in [4.69, 9.17) is 9.47 Å². The molecule has 0 radical (unpaired) electrons. The maximum absolute atomic E-state index is 12.7. The first-order valence-corrected chi connectivity index (χ1v) is 9.07. The van der Waals surface area contributed by atoms with Crippen molar-refractivity contribution in [2.45, 2.75) is 44.9 Å². The number of hydrogen-bond acceptors (Lipinski definition) is 5. The van der Waals surface area contributed by atoms with Gasteiger partial charge in [0.05, 0.1) is 19.3 Å². The molecule has 1 aromatic rings. The van der Waals surface area contributed by atoms with Crippen molar-refractivity contribution in [3.63, 3.8) is 0 Å². The number of amides is 2. The Hall–Kier alpha value is -1.86. The minimum atomic E-state index is -0.393. The SMILES string of the molecule is CCOc1ncccc1CNC(=O)N1CCC[C@@H]1[C@H]1COCC[C@@H]1O. The lowest BCUT2D eigenvalue weighted by atomic mass is 9.89. The van der Waals surface area contributed by atoms with Crippen molar-refractivity contribution < 1.29 is 19.4 Å². The monoisotopic (exact) mass is 349 g/mol. The zero-order valence-electron chi connectivity index (χ0n) is 14.7. The van der Waals surface area contributed by atoms with Gasteiger partial charge in [-0.25, -0.2) is 9.78 Å². The highest BCUT2D eigenvalue weighted by molar-refractivity contribution is 5.75. The number of pyridine rings is 1. The van der Waals surface area contributed by atoms with Crippen LogP contribution in [0.3, 0.4) is 0 Å². The lowest BCUT2D eigenvalue weighted by Gasteiger charge is -2.36. The van der Waals surface area contributed by atoms with E-state index in [-0.39, 0.29) is 18.0 Å². The highest BCUT2D eigenvalue weighted by Crippen LogP contribution is 2.30. The van der Waals surface area contributed by atoms with Crippen molar-refractivity contribution in [1.82, 2.24) is 15.2 Å². The van der Waals surface area contributed by atoms with Crippen LogP contribution in [0.4, 0.5) is 4.79 Å². The first-order valence-electron chi connectivity index (χ1n) is 9.07. The van der Waals surface area contributed by atoms with Crippen molar-refractivity contribution in [2.75, 3.05) is 26.4 Å². The number of nitrogens with one attached hydrogen (secondary N) is 1. The molecule has 1 aromatic heterocycles. The number of aromatic nitrogens is 1. The number of urea groups is 1. The summed E-state index contributed by atoms with van der Waals surface area (Å²) in [6.45, 7) is 4.64. The molecule has 138 valence electrons. The second-order valence-corrected chi connectivity index (χ2v) is 6.56. The molecule has 2 aliphatic rings. The van der Waals surface area contributed by atoms with Gasteiger partial charge in [0, 0.05) is 43.4 Å². The summed E-state index contributed by atoms with van der Waals surface area (Å²) >= 11 is 0. The molecule has 7 nitrogen and oxygen atoms in total. The first-order chi connectivity index (χ1) is 12.2. The smallest absolute Gasteiger partial charge is 0.317 e. The number of aliphatic hydroxyl groups excluding tert-OH is 1. The molecule has 0 spiro atoms. The van der Waals surface area contributed by atoms with Crippen LogP contribution in [0.25, 0.3) is 0 Å². The zero-order valence-corrected chi connectivity index (χ0v) is 14.7. The highest BCUT2D eigenvalue weighted by atomic mass is 16.5. The van der Waals surface area contributed by atoms with Gasteiger partial charge in [-0.1, -0.05) is 6.07 Å². The number of carbonyl (C=O) groups excluding carboxylic acids is 1. The lowest BCUT2D eigenvalue weighted by Crippen LogP contribution is -2.50. The van der Waals surface area contributed by atoms with Gasteiger partial charge in [0.2, 0.25) is 5.88 Å². The molecule has 2 amide bonds. The summed E-state index contributed by atoms with van der Waals surface area (Å²) in [5.41, 5.74) is 0.856. The third kappa shape index (κ3) is 4.22. The molecule has 2 fully saturated rings. The second-order valence-electron chi connectivity index (χ2n) is 6.56. The van der Waals surface area contributed by atoms with Gasteiger partial charge in [-0.05, 0) is 32.3 Å². The van der Waals surface area contributed by atoms with E-state index in [0.717, 1.165) is 18.4 Å². The quantitative estimate of drug-likeness (QED) is 0.843. The molecule has 25 heavy (non-hydrogen) atoms. The molecule has 0 unspecified atom stereocenters. The molecule has 0 bridgehead atoms. The average molecular weight is 349 g/mol. The van der Waals surface area contributed by atoms with Crippen molar-refractivity contribution in [1.29, 1.82) is 0 Å². The summed E-state index contributed by atoms with van der Waals surface area (Å²) in [6, 6.07) is 3.67. The molecule has 3 rings (SSSR count). The number of carbonyl (C=O) groups is 1. The van der Waals surface area contributed by atoms with Crippen LogP contribution >= 0.6 is 0 Å². The Labute approximate surface area is 148 Å². The van der Waals surface area contributed by atoms with Crippen molar-refractivity contribution in [3.8, 4) is 5.88 Å². The summed E-state index contributed by atoms with van der Waals surface area (Å²) < 4.78 is 11.0. The summed E-state index contributed by atoms with van der Waals surface area (Å²) in [5, 5.41) is 13.2. The zero-order chi connectivity index (χ0) is 17.6. The van der Waals surface area contributed by atoms with Crippen LogP contribution in [-0.2, 0) is 11.3 Å². The maximum Gasteiger partial charge on any atom is 0.317 e. The number of ether oxygens (including phenoxy) is 2. The van der Waals surface area contributed by atoms with E-state index in [9.17, 15) is 9.90 Å². The van der Waals surface area contributed by atoms with E-state index in [1.165, 1.54) is 0 Å². The molecule has 2 aliphatic heterocycles. The van der Waals surface area contributed by atoms with E-state index in [1.54, 1.807) is 6.20 Å². The Balaban J connectivity index is 1.60. The van der Waals surface area contributed by atoms with Gasteiger partial charge in [0.25, 0.3) is 0 Å². The standard InChI is InChI=1S/C18H27N3O4/c1-2-25-17-13(5-3-8-19-17)11-20-18(23)21-9-4-6-15(21)14-12-24-10-7-16(14)22/h3,5,8,14-16,22H,2,4,6-7,9-12H2,1H3,(H,20,23)/t14-,15-,16+/m1/s1. The normalized spacial score (nSPS) is 26.5. The fraction of sp³-hybridized carbons (Fsp3) is 0.667. The Morgan fingerprint density at radius 3 is 3.20 bits per heavy atom. The summed E-state index contributed by atoms with van der Waals surface area (Å²) in [5.74, 6) is 0.554. The van der Waals surface area contributed by atoms with Gasteiger partial charge in [-0.2, -0.15) is 0 Å². The number of nitrogens with zero attached hydrogens (tertiary/aromatic N) is 2. The van der Waals surface area contributed by atoms with Crippen LogP contribution in [0.2, 0.25) is 0 Å². The first kappa shape index (κ1) is 17.9. The molecule has 0 aliphatic carbocycles. The van der Waals surface area contributed by atoms with Crippen LogP contribution in [0, 0.1) is 5.92 Å². The molecule has 2 N–H and O–H groups in total. The Bertz CT molecular complexity index is 583. The van der Waals surface area contributed by atoms with E-state index in [2.05, 4.69) is 10.3 Å². The minimum Gasteiger partial charge on any atom is -0.478 e. The summed E-state index contributed by atoms with van der Waals surface area (Å²) in [4.78, 5) is 18.7. The topological polar surface area (TPSA) is 83.9 Å². The number of likely N-dealkylation sites (tertiary alicyclic amines) is 1. The van der Waals surface area contributed by atoms with Gasteiger partial charge in [0.15, 0.2) is 0 Å². The van der Waals surface area contributed by atoms with Crippen LogP contribution in [0.5, 0.6) is 5.88 Å². The molecular weight excluding hydrogens is 322 g/mol. The molecular formula is C18H27N3O4. The van der Waals surface area contributed by atoms with Gasteiger partial charge >= 0.3 is 6.03 Å². The molecule has 2 saturated heterocycles. The van der Waals surface area contributed by atoms with Gasteiger partial charge in [0.1, 0.15) is 0 Å². The van der Waals surface area contributed by atoms with Gasteiger partial charge in [-0.15, -0.1) is 0 Å². The Kier molecular flexibility index (Phi) is 6.09. The molecule has 7 heteroatoms. The number of aliphatic hydroxyl groups is 1. The number of rotatable bonds is 5. The van der Waals surface area contributed by atoms with Crippen molar-refractivity contribution in [2.24, 2.45) is 5.92 Å². The van der Waals surface area contributed by atoms with Gasteiger partial charge < -0.3 is 24.8 Å². The molecule has 0 saturated carbocycles. The fourth-order valence-corrected chi connectivity index (χ4v) is 3.70. The van der Waals surface area contributed by atoms with Crippen LogP contribution < -0.4 is 10.1 Å². The van der Waals surface area contributed by atoms with E-state index < -0.39 is 6.10 Å². The lowest BCUT2D eigenvalue weighted by molar-refractivity contribution is -0.0576. The fourth-order valence-electron chi connectivity index (χ4n) is 3.70. The van der Waals surface area contributed by atoms with Crippen molar-refractivity contribution >= 4 is 6.03 Å². The van der Waals surface area contributed by atoms with Crippen LogP contribution in [-0.4, -0.2) is 59.5 Å². The number of hydrogen-bond donors (Lipinski definition) is 2. The predicted octanol–water partition coefficient (Wildman–Crippen LogP) is 1.55. The predicted molar refractivity (Wildman–Crippen MR) is 92.3 cm³/mol. The summed E-state index contributed by atoms with van der Waals surface area (Å²) in [6.07, 6.45) is 3.80. The maximum atomic E-state index is 12.7. The molecule has 0 aromatic carbocycles. The molecule has 3 atom stereocenters. The Morgan fingerprint density at radius 2 is 2.40 bits per heavy atom. The largest absolute Gasteiger partial charge is 0.478 e. The second kappa shape index (κ2) is 8.49. The molecule has 3 heterocycles. The third-order valence-corrected chi connectivity index (χ3v) is 4.98. The van der Waals surface area contributed by atoms with Crippen LogP contribution in [0.15, 0.2) is 18.3 Å². The van der Waals surface area contributed by atoms with E-state index >= 15 is 0 Å². The Morgan fingerprint density at radius 1 is 1.52 bits per heavy atom. The highest BCUT2D eigenvalue weighted by Gasteiger charge is 2.39. The summed E-state index contributed by atoms with van der Waals surface area (Å²) in [7, 11) is 0. The minimum absolute atomic E-state index is 0.000576. The van der Waals surface area contributed by atoms with E-state index in [1.807, 2.05) is 24.0 Å². The third-order valence-electron chi connectivity index (χ3n) is 4.98. The van der Waals surface area contributed by atoms with E-state index in [0.29, 0.717) is 45.2 Å². The van der Waals surface area contributed by atoms with Crippen LogP contribution in [0.1, 0.15) is 31.7 Å². The average Bonchev–Trinajstić information content (AvgIpc) is 3.11.